The molecule has 0 aliphatic rings. The van der Waals surface area contributed by atoms with Gasteiger partial charge in [0.15, 0.2) is 0 Å². The summed E-state index contributed by atoms with van der Waals surface area (Å²) in [4.78, 5) is 0. The fraction of sp³-hybridized carbons (Fsp3) is 0.571. The topological polar surface area (TPSA) is 12.0 Å². The van der Waals surface area contributed by atoms with Crippen LogP contribution in [0.15, 0.2) is 24.3 Å². The summed E-state index contributed by atoms with van der Waals surface area (Å²) in [5.41, 5.74) is 2.91. The average Bonchev–Trinajstić information content (AvgIpc) is 2.23. The van der Waals surface area contributed by atoms with Gasteiger partial charge < -0.3 is 5.32 Å². The molecule has 0 fully saturated rings. The van der Waals surface area contributed by atoms with E-state index in [2.05, 4.69) is 50.4 Å². The van der Waals surface area contributed by atoms with Crippen molar-refractivity contribution < 1.29 is 0 Å². The molecule has 0 aliphatic carbocycles. The molecular formula is C14H22ClN. The zero-order valence-corrected chi connectivity index (χ0v) is 11.3. The molecule has 0 saturated carbocycles. The molecule has 0 spiro atoms. The minimum atomic E-state index is 0.408. The molecule has 90 valence electrons. The summed E-state index contributed by atoms with van der Waals surface area (Å²) < 4.78 is 0. The van der Waals surface area contributed by atoms with Crippen LogP contribution in [0.2, 0.25) is 0 Å². The van der Waals surface area contributed by atoms with Crippen LogP contribution >= 0.6 is 11.6 Å². The van der Waals surface area contributed by atoms with Crippen LogP contribution in [-0.2, 0) is 12.4 Å². The summed E-state index contributed by atoms with van der Waals surface area (Å²) >= 11 is 5.80. The molecule has 0 saturated heterocycles. The van der Waals surface area contributed by atoms with Crippen molar-refractivity contribution in [1.29, 1.82) is 0 Å². The Morgan fingerprint density at radius 2 is 1.88 bits per heavy atom. The van der Waals surface area contributed by atoms with E-state index in [1.807, 2.05) is 0 Å². The molecule has 1 N–H and O–H groups in total. The predicted molar refractivity (Wildman–Crippen MR) is 71.8 cm³/mol. The summed E-state index contributed by atoms with van der Waals surface area (Å²) in [6, 6.07) is 8.43. The van der Waals surface area contributed by atoms with Crippen molar-refractivity contribution >= 4 is 11.6 Å². The highest BCUT2D eigenvalue weighted by Gasteiger charge is 2.08. The van der Waals surface area contributed by atoms with Crippen LogP contribution in [0.4, 0.5) is 0 Å². The molecule has 2 heteroatoms. The quantitative estimate of drug-likeness (QED) is 0.606. The third-order valence-corrected chi connectivity index (χ3v) is 2.84. The maximum absolute atomic E-state index is 5.80. The highest BCUT2D eigenvalue weighted by Crippen LogP contribution is 2.17. The van der Waals surface area contributed by atoms with Gasteiger partial charge in [-0.3, -0.25) is 0 Å². The molecule has 0 amide bonds. The Kier molecular flexibility index (Phi) is 5.30. The lowest BCUT2D eigenvalue weighted by Crippen LogP contribution is -2.20. The maximum atomic E-state index is 5.80. The number of rotatable bonds is 5. The van der Waals surface area contributed by atoms with Crippen molar-refractivity contribution in [3.63, 3.8) is 0 Å². The van der Waals surface area contributed by atoms with E-state index in [0.717, 1.165) is 13.1 Å². The summed E-state index contributed by atoms with van der Waals surface area (Å²) in [7, 11) is 0. The maximum Gasteiger partial charge on any atom is 0.0474 e. The number of nitrogens with one attached hydrogen (secondary N) is 1. The minimum Gasteiger partial charge on any atom is -0.313 e. The Labute approximate surface area is 104 Å². The van der Waals surface area contributed by atoms with E-state index >= 15 is 0 Å². The SMILES string of the molecule is CC(C)(C)CCNCc1cccc(CCl)c1. The van der Waals surface area contributed by atoms with Crippen molar-refractivity contribution in [3.05, 3.63) is 35.4 Å². The summed E-state index contributed by atoms with van der Waals surface area (Å²) in [5, 5.41) is 3.47. The zero-order valence-electron chi connectivity index (χ0n) is 10.5. The van der Waals surface area contributed by atoms with Gasteiger partial charge in [0, 0.05) is 12.4 Å². The van der Waals surface area contributed by atoms with Gasteiger partial charge in [-0.15, -0.1) is 11.6 Å². The lowest BCUT2D eigenvalue weighted by Gasteiger charge is -2.18. The molecule has 1 aromatic rings. The Morgan fingerprint density at radius 3 is 2.50 bits per heavy atom. The van der Waals surface area contributed by atoms with Gasteiger partial charge in [-0.05, 0) is 29.5 Å². The van der Waals surface area contributed by atoms with Gasteiger partial charge in [0.2, 0.25) is 0 Å². The molecule has 1 aromatic carbocycles. The van der Waals surface area contributed by atoms with E-state index in [1.165, 1.54) is 17.5 Å². The van der Waals surface area contributed by atoms with E-state index in [9.17, 15) is 0 Å². The number of hydrogen-bond acceptors (Lipinski definition) is 1. The second-order valence-corrected chi connectivity index (χ2v) is 5.71. The molecule has 1 nitrogen and oxygen atoms in total. The smallest absolute Gasteiger partial charge is 0.0474 e. The average molecular weight is 240 g/mol. The van der Waals surface area contributed by atoms with Crippen LogP contribution in [0, 0.1) is 5.41 Å². The van der Waals surface area contributed by atoms with Gasteiger partial charge in [-0.25, -0.2) is 0 Å². The third-order valence-electron chi connectivity index (χ3n) is 2.53. The Bertz CT molecular complexity index is 315. The Balaban J connectivity index is 2.32. The molecule has 0 unspecified atom stereocenters. The Morgan fingerprint density at radius 1 is 1.19 bits per heavy atom. The monoisotopic (exact) mass is 239 g/mol. The normalized spacial score (nSPS) is 11.8. The lowest BCUT2D eigenvalue weighted by atomic mass is 9.92. The molecule has 0 aromatic heterocycles. The molecule has 0 heterocycles. The first-order chi connectivity index (χ1) is 7.51. The molecule has 16 heavy (non-hydrogen) atoms. The fourth-order valence-corrected chi connectivity index (χ4v) is 1.69. The van der Waals surface area contributed by atoms with Crippen LogP contribution in [0.3, 0.4) is 0 Å². The predicted octanol–water partition coefficient (Wildman–Crippen LogP) is 3.95. The molecular weight excluding hydrogens is 218 g/mol. The number of hydrogen-bond donors (Lipinski definition) is 1. The van der Waals surface area contributed by atoms with Crippen LogP contribution in [0.25, 0.3) is 0 Å². The standard InChI is InChI=1S/C14H22ClN/c1-14(2,3)7-8-16-11-13-6-4-5-12(9-13)10-15/h4-6,9,16H,7-8,10-11H2,1-3H3. The summed E-state index contributed by atoms with van der Waals surface area (Å²) in [6.07, 6.45) is 1.20. The van der Waals surface area contributed by atoms with Crippen LogP contribution < -0.4 is 5.32 Å². The van der Waals surface area contributed by atoms with Gasteiger partial charge in [-0.1, -0.05) is 45.0 Å². The first kappa shape index (κ1) is 13.5. The van der Waals surface area contributed by atoms with Crippen LogP contribution in [-0.4, -0.2) is 6.54 Å². The van der Waals surface area contributed by atoms with Gasteiger partial charge in [-0.2, -0.15) is 0 Å². The van der Waals surface area contributed by atoms with Crippen molar-refractivity contribution in [2.45, 2.75) is 39.6 Å². The number of alkyl halides is 1. The van der Waals surface area contributed by atoms with Crippen LogP contribution in [0.5, 0.6) is 0 Å². The molecule has 1 rings (SSSR count). The first-order valence-electron chi connectivity index (χ1n) is 5.86. The van der Waals surface area contributed by atoms with E-state index < -0.39 is 0 Å². The second kappa shape index (κ2) is 6.27. The zero-order chi connectivity index (χ0) is 12.0. The van der Waals surface area contributed by atoms with E-state index in [1.54, 1.807) is 0 Å². The van der Waals surface area contributed by atoms with E-state index in [4.69, 9.17) is 11.6 Å². The van der Waals surface area contributed by atoms with Gasteiger partial charge in [0.25, 0.3) is 0 Å². The van der Waals surface area contributed by atoms with Gasteiger partial charge in [0.1, 0.15) is 0 Å². The minimum absolute atomic E-state index is 0.408. The van der Waals surface area contributed by atoms with Gasteiger partial charge >= 0.3 is 0 Å². The second-order valence-electron chi connectivity index (χ2n) is 5.44. The third kappa shape index (κ3) is 5.53. The van der Waals surface area contributed by atoms with E-state index in [-0.39, 0.29) is 0 Å². The highest BCUT2D eigenvalue weighted by molar-refractivity contribution is 6.17. The van der Waals surface area contributed by atoms with Crippen molar-refractivity contribution in [1.82, 2.24) is 5.32 Å². The molecule has 0 radical (unpaired) electrons. The number of benzene rings is 1. The van der Waals surface area contributed by atoms with Gasteiger partial charge in [0.05, 0.1) is 0 Å². The lowest BCUT2D eigenvalue weighted by molar-refractivity contribution is 0.366. The molecule has 0 aliphatic heterocycles. The first-order valence-corrected chi connectivity index (χ1v) is 6.39. The van der Waals surface area contributed by atoms with Crippen LogP contribution in [0.1, 0.15) is 38.3 Å². The summed E-state index contributed by atoms with van der Waals surface area (Å²) in [6.45, 7) is 8.80. The largest absolute Gasteiger partial charge is 0.313 e. The van der Waals surface area contributed by atoms with E-state index in [0.29, 0.717) is 11.3 Å². The van der Waals surface area contributed by atoms with Crippen molar-refractivity contribution in [2.75, 3.05) is 6.54 Å². The van der Waals surface area contributed by atoms with Crippen molar-refractivity contribution in [2.24, 2.45) is 5.41 Å². The highest BCUT2D eigenvalue weighted by atomic mass is 35.5. The fourth-order valence-electron chi connectivity index (χ4n) is 1.52. The molecule has 0 bridgehead atoms. The summed E-state index contributed by atoms with van der Waals surface area (Å²) in [5.74, 6) is 0.593. The number of halogens is 1. The Hall–Kier alpha value is -0.530. The van der Waals surface area contributed by atoms with Crippen molar-refractivity contribution in [3.8, 4) is 0 Å². The molecule has 0 atom stereocenters.